The summed E-state index contributed by atoms with van der Waals surface area (Å²) in [5.74, 6) is 0.932. The monoisotopic (exact) mass is 345 g/mol. The fourth-order valence-corrected chi connectivity index (χ4v) is 4.08. The Kier molecular flexibility index (Phi) is 2.88. The highest BCUT2D eigenvalue weighted by Crippen LogP contribution is 2.44. The van der Waals surface area contributed by atoms with Gasteiger partial charge in [-0.05, 0) is 34.9 Å². The van der Waals surface area contributed by atoms with E-state index in [0.29, 0.717) is 0 Å². The zero-order chi connectivity index (χ0) is 17.8. The molecule has 0 radical (unpaired) electrons. The van der Waals surface area contributed by atoms with E-state index in [0.717, 1.165) is 28.2 Å². The Labute approximate surface area is 156 Å². The standard InChI is InChI=1S/C24H15N3/c1-2-9-17-16(8-1)18-10-3-4-12-20(18)23-26-21-13-7-15-25-24(21)27(23)22-14-6-5-11-19(17)22/h1-15H. The first kappa shape index (κ1) is 14.4. The number of hydrogen-bond donors (Lipinski definition) is 0. The van der Waals surface area contributed by atoms with Crippen molar-refractivity contribution in [2.24, 2.45) is 0 Å². The van der Waals surface area contributed by atoms with E-state index in [1.165, 1.54) is 22.3 Å². The average Bonchev–Trinajstić information content (AvgIpc) is 3.12. The summed E-state index contributed by atoms with van der Waals surface area (Å²) in [5, 5.41) is 0. The number of fused-ring (bicyclic) bond motifs is 10. The number of benzene rings is 3. The highest BCUT2D eigenvalue weighted by molar-refractivity contribution is 5.97. The first-order valence-corrected chi connectivity index (χ1v) is 9.04. The molecule has 6 rings (SSSR count). The maximum absolute atomic E-state index is 4.97. The topological polar surface area (TPSA) is 30.7 Å². The summed E-state index contributed by atoms with van der Waals surface area (Å²) in [4.78, 5) is 9.62. The quantitative estimate of drug-likeness (QED) is 0.352. The molecule has 0 atom stereocenters. The molecular weight excluding hydrogens is 330 g/mol. The lowest BCUT2D eigenvalue weighted by atomic mass is 9.89. The first-order valence-electron chi connectivity index (χ1n) is 9.04. The van der Waals surface area contributed by atoms with Gasteiger partial charge in [0.25, 0.3) is 0 Å². The van der Waals surface area contributed by atoms with Gasteiger partial charge in [-0.1, -0.05) is 66.7 Å². The second-order valence-corrected chi connectivity index (χ2v) is 6.73. The molecule has 0 unspecified atom stereocenters. The molecule has 3 nitrogen and oxygen atoms in total. The minimum Gasteiger partial charge on any atom is -0.276 e. The van der Waals surface area contributed by atoms with Gasteiger partial charge >= 0.3 is 0 Å². The van der Waals surface area contributed by atoms with Gasteiger partial charge in [-0.2, -0.15) is 0 Å². The Morgan fingerprint density at radius 3 is 1.93 bits per heavy atom. The Hall–Kier alpha value is -3.72. The van der Waals surface area contributed by atoms with Crippen molar-refractivity contribution in [3.8, 4) is 39.3 Å². The first-order chi connectivity index (χ1) is 13.4. The van der Waals surface area contributed by atoms with Crippen LogP contribution in [0.1, 0.15) is 0 Å². The molecule has 1 aliphatic rings. The number of nitrogens with zero attached hydrogens (tertiary/aromatic N) is 3. The van der Waals surface area contributed by atoms with Gasteiger partial charge in [-0.25, -0.2) is 9.97 Å². The molecule has 2 aromatic heterocycles. The summed E-state index contributed by atoms with van der Waals surface area (Å²) >= 11 is 0. The molecule has 0 amide bonds. The van der Waals surface area contributed by atoms with Crippen LogP contribution in [-0.2, 0) is 0 Å². The van der Waals surface area contributed by atoms with Crippen LogP contribution in [0.25, 0.3) is 50.5 Å². The third-order valence-corrected chi connectivity index (χ3v) is 5.24. The van der Waals surface area contributed by atoms with Gasteiger partial charge in [0.1, 0.15) is 11.3 Å². The van der Waals surface area contributed by atoms with Crippen LogP contribution in [0.5, 0.6) is 0 Å². The SMILES string of the molecule is c1ccc2c(c1)-c1ccccc1-c1nc3cccnc3n1-c1ccccc1-2. The lowest BCUT2D eigenvalue weighted by Gasteiger charge is -2.21. The summed E-state index contributed by atoms with van der Waals surface area (Å²) in [6, 6.07) is 29.6. The van der Waals surface area contributed by atoms with E-state index in [2.05, 4.69) is 82.3 Å². The van der Waals surface area contributed by atoms with Crippen LogP contribution in [0.15, 0.2) is 91.1 Å². The second kappa shape index (κ2) is 5.39. The van der Waals surface area contributed by atoms with Crippen molar-refractivity contribution < 1.29 is 0 Å². The Morgan fingerprint density at radius 2 is 1.15 bits per heavy atom. The largest absolute Gasteiger partial charge is 0.276 e. The molecule has 1 aliphatic heterocycles. The van der Waals surface area contributed by atoms with E-state index in [-0.39, 0.29) is 0 Å². The van der Waals surface area contributed by atoms with E-state index in [9.17, 15) is 0 Å². The van der Waals surface area contributed by atoms with Crippen molar-refractivity contribution >= 4 is 11.2 Å². The minimum atomic E-state index is 0.883. The van der Waals surface area contributed by atoms with E-state index < -0.39 is 0 Å². The van der Waals surface area contributed by atoms with Crippen molar-refractivity contribution in [3.05, 3.63) is 91.1 Å². The zero-order valence-electron chi connectivity index (χ0n) is 14.5. The summed E-state index contributed by atoms with van der Waals surface area (Å²) in [6.07, 6.45) is 1.83. The van der Waals surface area contributed by atoms with Crippen molar-refractivity contribution in [1.82, 2.24) is 14.5 Å². The second-order valence-electron chi connectivity index (χ2n) is 6.73. The van der Waals surface area contributed by atoms with Crippen molar-refractivity contribution in [2.75, 3.05) is 0 Å². The predicted molar refractivity (Wildman–Crippen MR) is 109 cm³/mol. The average molecular weight is 345 g/mol. The fraction of sp³-hybridized carbons (Fsp3) is 0. The third-order valence-electron chi connectivity index (χ3n) is 5.24. The van der Waals surface area contributed by atoms with Crippen LogP contribution < -0.4 is 0 Å². The zero-order valence-corrected chi connectivity index (χ0v) is 14.5. The Morgan fingerprint density at radius 1 is 0.556 bits per heavy atom. The smallest absolute Gasteiger partial charge is 0.164 e. The lowest BCUT2D eigenvalue weighted by Crippen LogP contribution is -2.04. The summed E-state index contributed by atoms with van der Waals surface area (Å²) in [6.45, 7) is 0. The molecule has 0 bridgehead atoms. The van der Waals surface area contributed by atoms with E-state index >= 15 is 0 Å². The van der Waals surface area contributed by atoms with Gasteiger partial charge < -0.3 is 0 Å². The van der Waals surface area contributed by atoms with Crippen molar-refractivity contribution in [3.63, 3.8) is 0 Å². The van der Waals surface area contributed by atoms with Gasteiger partial charge in [0.15, 0.2) is 5.65 Å². The highest BCUT2D eigenvalue weighted by Gasteiger charge is 2.24. The Bertz CT molecular complexity index is 1330. The Balaban J connectivity index is 1.88. The molecule has 3 heterocycles. The van der Waals surface area contributed by atoms with E-state index in [1.54, 1.807) is 0 Å². The maximum atomic E-state index is 4.97. The predicted octanol–water partition coefficient (Wildman–Crippen LogP) is 5.73. The molecule has 3 aromatic carbocycles. The number of imidazole rings is 1. The lowest BCUT2D eigenvalue weighted by molar-refractivity contribution is 1.08. The summed E-state index contributed by atoms with van der Waals surface area (Å²) in [7, 11) is 0. The van der Waals surface area contributed by atoms with Crippen LogP contribution in [0.2, 0.25) is 0 Å². The molecule has 0 fully saturated rings. The number of para-hydroxylation sites is 1. The molecule has 0 saturated carbocycles. The van der Waals surface area contributed by atoms with Crippen LogP contribution in [0.3, 0.4) is 0 Å². The normalized spacial score (nSPS) is 11.7. The number of hydrogen-bond acceptors (Lipinski definition) is 2. The highest BCUT2D eigenvalue weighted by atomic mass is 15.1. The fourth-order valence-electron chi connectivity index (χ4n) is 4.08. The summed E-state index contributed by atoms with van der Waals surface area (Å²) < 4.78 is 2.19. The van der Waals surface area contributed by atoms with Crippen molar-refractivity contribution in [1.29, 1.82) is 0 Å². The van der Waals surface area contributed by atoms with E-state index in [1.807, 2.05) is 18.3 Å². The van der Waals surface area contributed by atoms with Gasteiger partial charge in [0.05, 0.1) is 5.69 Å². The van der Waals surface area contributed by atoms with Gasteiger partial charge in [0, 0.05) is 17.3 Å². The number of rotatable bonds is 0. The molecule has 126 valence electrons. The van der Waals surface area contributed by atoms with Crippen LogP contribution in [0, 0.1) is 0 Å². The maximum Gasteiger partial charge on any atom is 0.164 e. The molecule has 3 heteroatoms. The van der Waals surface area contributed by atoms with Gasteiger partial charge in [-0.3, -0.25) is 4.57 Å². The molecule has 0 saturated heterocycles. The van der Waals surface area contributed by atoms with Crippen LogP contribution in [-0.4, -0.2) is 14.5 Å². The molecular formula is C24H15N3. The molecule has 0 spiro atoms. The molecule has 27 heavy (non-hydrogen) atoms. The number of aromatic nitrogens is 3. The van der Waals surface area contributed by atoms with Crippen molar-refractivity contribution in [2.45, 2.75) is 0 Å². The van der Waals surface area contributed by atoms with Gasteiger partial charge in [-0.15, -0.1) is 0 Å². The molecule has 0 aliphatic carbocycles. The number of pyridine rings is 1. The summed E-state index contributed by atoms with van der Waals surface area (Å²) in [5.41, 5.74) is 8.86. The third kappa shape index (κ3) is 1.97. The van der Waals surface area contributed by atoms with E-state index in [4.69, 9.17) is 4.98 Å². The van der Waals surface area contributed by atoms with Crippen LogP contribution in [0.4, 0.5) is 0 Å². The molecule has 5 aromatic rings. The minimum absolute atomic E-state index is 0.883. The van der Waals surface area contributed by atoms with Crippen LogP contribution >= 0.6 is 0 Å². The van der Waals surface area contributed by atoms with Gasteiger partial charge in [0.2, 0.25) is 0 Å². The molecule has 0 N–H and O–H groups in total.